The van der Waals surface area contributed by atoms with Crippen molar-refractivity contribution in [3.63, 3.8) is 0 Å². The summed E-state index contributed by atoms with van der Waals surface area (Å²) in [5.41, 5.74) is 1.11. The van der Waals surface area contributed by atoms with Gasteiger partial charge in [0.15, 0.2) is 0 Å². The molecule has 0 heterocycles. The molecule has 0 radical (unpaired) electrons. The van der Waals surface area contributed by atoms with E-state index in [0.29, 0.717) is 6.54 Å². The summed E-state index contributed by atoms with van der Waals surface area (Å²) in [6, 6.07) is 10.1. The third kappa shape index (κ3) is 6.87. The Morgan fingerprint density at radius 2 is 1.75 bits per heavy atom. The first-order chi connectivity index (χ1) is 9.18. The van der Waals surface area contributed by atoms with Crippen molar-refractivity contribution in [2.75, 3.05) is 25.1 Å². The van der Waals surface area contributed by atoms with Gasteiger partial charge in [0, 0.05) is 24.9 Å². The van der Waals surface area contributed by atoms with E-state index in [4.69, 9.17) is 0 Å². The molecule has 0 N–H and O–H groups in total. The van der Waals surface area contributed by atoms with Crippen LogP contribution in [0.1, 0.15) is 26.3 Å². The van der Waals surface area contributed by atoms with Crippen LogP contribution in [0, 0.1) is 0 Å². The minimum atomic E-state index is -2.92. The molecule has 0 atom stereocenters. The quantitative estimate of drug-likeness (QED) is 0.810. The van der Waals surface area contributed by atoms with E-state index in [1.165, 1.54) is 6.26 Å². The molecule has 0 aliphatic rings. The largest absolute Gasteiger partial charge is 0.294 e. The summed E-state index contributed by atoms with van der Waals surface area (Å²) < 4.78 is 22.6. The predicted octanol–water partition coefficient (Wildman–Crippen LogP) is 2.84. The molecule has 1 aromatic rings. The van der Waals surface area contributed by atoms with Gasteiger partial charge in [-0.1, -0.05) is 42.5 Å². The molecule has 112 valence electrons. The van der Waals surface area contributed by atoms with E-state index in [9.17, 15) is 8.42 Å². The molecule has 4 heteroatoms. The molecule has 0 saturated carbocycles. The SMILES string of the molecule is CC(C)(C)N(CC=Cc1ccccc1)CCS(C)(=O)=O. The van der Waals surface area contributed by atoms with Gasteiger partial charge in [-0.15, -0.1) is 0 Å². The van der Waals surface area contributed by atoms with E-state index in [1.807, 2.05) is 18.2 Å². The van der Waals surface area contributed by atoms with Crippen LogP contribution >= 0.6 is 0 Å². The van der Waals surface area contributed by atoms with Crippen LogP contribution in [-0.2, 0) is 9.84 Å². The molecule has 0 unspecified atom stereocenters. The summed E-state index contributed by atoms with van der Waals surface area (Å²) in [4.78, 5) is 2.17. The lowest BCUT2D eigenvalue weighted by Gasteiger charge is -2.34. The summed E-state index contributed by atoms with van der Waals surface area (Å²) in [7, 11) is -2.92. The van der Waals surface area contributed by atoms with E-state index >= 15 is 0 Å². The van der Waals surface area contributed by atoms with Crippen molar-refractivity contribution >= 4 is 15.9 Å². The van der Waals surface area contributed by atoms with E-state index in [1.54, 1.807) is 0 Å². The van der Waals surface area contributed by atoms with Crippen LogP contribution < -0.4 is 0 Å². The molecule has 0 spiro atoms. The second kappa shape index (κ2) is 7.04. The lowest BCUT2D eigenvalue weighted by molar-refractivity contribution is 0.164. The molecule has 0 saturated heterocycles. The molecule has 20 heavy (non-hydrogen) atoms. The average molecular weight is 295 g/mol. The molecular formula is C16H25NO2S. The Labute approximate surface area is 123 Å². The molecule has 0 amide bonds. The third-order valence-corrected chi connectivity index (χ3v) is 4.04. The molecule has 0 aliphatic heterocycles. The van der Waals surface area contributed by atoms with Crippen molar-refractivity contribution in [2.24, 2.45) is 0 Å². The molecule has 1 rings (SSSR count). The van der Waals surface area contributed by atoms with E-state index in [2.05, 4.69) is 50.0 Å². The summed E-state index contributed by atoms with van der Waals surface area (Å²) in [6.45, 7) is 7.61. The van der Waals surface area contributed by atoms with Gasteiger partial charge in [-0.2, -0.15) is 0 Å². The number of hydrogen-bond acceptors (Lipinski definition) is 3. The van der Waals surface area contributed by atoms with Crippen LogP contribution in [0.25, 0.3) is 6.08 Å². The summed E-state index contributed by atoms with van der Waals surface area (Å²) in [6.07, 6.45) is 5.44. The molecular weight excluding hydrogens is 270 g/mol. The van der Waals surface area contributed by atoms with Crippen LogP contribution in [0.15, 0.2) is 36.4 Å². The van der Waals surface area contributed by atoms with Crippen molar-refractivity contribution < 1.29 is 8.42 Å². The van der Waals surface area contributed by atoms with Gasteiger partial charge in [0.25, 0.3) is 0 Å². The molecule has 1 aromatic carbocycles. The average Bonchev–Trinajstić information content (AvgIpc) is 2.32. The third-order valence-electron chi connectivity index (χ3n) is 3.12. The fourth-order valence-electron chi connectivity index (χ4n) is 1.86. The van der Waals surface area contributed by atoms with E-state index in [-0.39, 0.29) is 11.3 Å². The van der Waals surface area contributed by atoms with Crippen LogP contribution in [0.4, 0.5) is 0 Å². The molecule has 0 aliphatic carbocycles. The molecule has 0 aromatic heterocycles. The van der Waals surface area contributed by atoms with Gasteiger partial charge in [-0.3, -0.25) is 4.90 Å². The zero-order chi connectivity index (χ0) is 15.2. The van der Waals surface area contributed by atoms with Crippen molar-refractivity contribution in [1.82, 2.24) is 4.90 Å². The maximum absolute atomic E-state index is 11.3. The highest BCUT2D eigenvalue weighted by Crippen LogP contribution is 2.13. The Morgan fingerprint density at radius 3 is 2.25 bits per heavy atom. The van der Waals surface area contributed by atoms with E-state index < -0.39 is 9.84 Å². The number of nitrogens with zero attached hydrogens (tertiary/aromatic N) is 1. The maximum Gasteiger partial charge on any atom is 0.148 e. The number of benzene rings is 1. The highest BCUT2D eigenvalue weighted by Gasteiger charge is 2.21. The van der Waals surface area contributed by atoms with Gasteiger partial charge >= 0.3 is 0 Å². The van der Waals surface area contributed by atoms with Gasteiger partial charge < -0.3 is 0 Å². The number of hydrogen-bond donors (Lipinski definition) is 0. The van der Waals surface area contributed by atoms with Crippen LogP contribution in [0.3, 0.4) is 0 Å². The molecule has 0 fully saturated rings. The zero-order valence-electron chi connectivity index (χ0n) is 12.8. The van der Waals surface area contributed by atoms with Gasteiger partial charge in [0.05, 0.1) is 5.75 Å². The molecule has 0 bridgehead atoms. The second-order valence-corrected chi connectivity index (χ2v) is 8.32. The predicted molar refractivity (Wildman–Crippen MR) is 86.5 cm³/mol. The fourth-order valence-corrected chi connectivity index (χ4v) is 2.41. The number of rotatable bonds is 6. The normalized spacial score (nSPS) is 13.2. The highest BCUT2D eigenvalue weighted by atomic mass is 32.2. The van der Waals surface area contributed by atoms with Crippen molar-refractivity contribution in [3.05, 3.63) is 42.0 Å². The summed E-state index contributed by atoms with van der Waals surface area (Å²) in [5.74, 6) is 0.198. The Hall–Kier alpha value is -1.13. The number of sulfone groups is 1. The first-order valence-electron chi connectivity index (χ1n) is 6.83. The summed E-state index contributed by atoms with van der Waals surface area (Å²) >= 11 is 0. The lowest BCUT2D eigenvalue weighted by atomic mass is 10.1. The van der Waals surface area contributed by atoms with Crippen LogP contribution in [-0.4, -0.2) is 44.0 Å². The highest BCUT2D eigenvalue weighted by molar-refractivity contribution is 7.90. The van der Waals surface area contributed by atoms with Crippen LogP contribution in [0.5, 0.6) is 0 Å². The lowest BCUT2D eigenvalue weighted by Crippen LogP contribution is -2.43. The fraction of sp³-hybridized carbons (Fsp3) is 0.500. The van der Waals surface area contributed by atoms with Gasteiger partial charge in [0.2, 0.25) is 0 Å². The van der Waals surface area contributed by atoms with Crippen molar-refractivity contribution in [2.45, 2.75) is 26.3 Å². The topological polar surface area (TPSA) is 37.4 Å². The monoisotopic (exact) mass is 295 g/mol. The standard InChI is InChI=1S/C16H25NO2S/c1-16(2,3)17(13-14-20(4,18)19)12-8-11-15-9-6-5-7-10-15/h5-11H,12-14H2,1-4H3. The van der Waals surface area contributed by atoms with Gasteiger partial charge in [-0.05, 0) is 26.3 Å². The van der Waals surface area contributed by atoms with Gasteiger partial charge in [0.1, 0.15) is 9.84 Å². The maximum atomic E-state index is 11.3. The van der Waals surface area contributed by atoms with Crippen LogP contribution in [0.2, 0.25) is 0 Å². The Balaban J connectivity index is 2.64. The Kier molecular flexibility index (Phi) is 5.96. The van der Waals surface area contributed by atoms with Gasteiger partial charge in [-0.25, -0.2) is 8.42 Å². The van der Waals surface area contributed by atoms with Crippen molar-refractivity contribution in [1.29, 1.82) is 0 Å². The zero-order valence-corrected chi connectivity index (χ0v) is 13.7. The second-order valence-electron chi connectivity index (χ2n) is 6.06. The Morgan fingerprint density at radius 1 is 1.15 bits per heavy atom. The minimum absolute atomic E-state index is 0.0499. The minimum Gasteiger partial charge on any atom is -0.294 e. The molecule has 3 nitrogen and oxygen atoms in total. The van der Waals surface area contributed by atoms with E-state index in [0.717, 1.165) is 12.1 Å². The first kappa shape index (κ1) is 16.9. The van der Waals surface area contributed by atoms with Crippen molar-refractivity contribution in [3.8, 4) is 0 Å². The first-order valence-corrected chi connectivity index (χ1v) is 8.89. The smallest absolute Gasteiger partial charge is 0.148 e. The Bertz CT molecular complexity index is 527. The summed E-state index contributed by atoms with van der Waals surface area (Å²) in [5, 5.41) is 0.